The molecule has 106 valence electrons. The molecular formula is C15H15FNO3-. The Hall–Kier alpha value is -2.17. The van der Waals surface area contributed by atoms with Crippen LogP contribution in [0.5, 0.6) is 0 Å². The number of benzene rings is 1. The molecule has 0 spiro atoms. The Labute approximate surface area is 116 Å². The first kappa shape index (κ1) is 14.2. The zero-order valence-electron chi connectivity index (χ0n) is 11.1. The molecule has 1 aromatic carbocycles. The lowest BCUT2D eigenvalue weighted by atomic mass is 9.82. The number of aliphatic carboxylic acids is 1. The van der Waals surface area contributed by atoms with E-state index in [1.54, 1.807) is 25.1 Å². The summed E-state index contributed by atoms with van der Waals surface area (Å²) in [6.45, 7) is 1.56. The molecule has 0 heterocycles. The molecule has 1 aliphatic carbocycles. The first-order valence-corrected chi connectivity index (χ1v) is 6.42. The van der Waals surface area contributed by atoms with E-state index >= 15 is 0 Å². The fourth-order valence-corrected chi connectivity index (χ4v) is 2.33. The molecule has 0 saturated heterocycles. The smallest absolute Gasteiger partial charge is 0.228 e. The summed E-state index contributed by atoms with van der Waals surface area (Å²) in [6, 6.07) is 4.39. The highest BCUT2D eigenvalue weighted by atomic mass is 19.1. The number of nitrogens with one attached hydrogen (secondary N) is 1. The molecule has 0 radical (unpaired) electrons. The number of carbonyl (C=O) groups excluding carboxylic acids is 2. The highest BCUT2D eigenvalue weighted by molar-refractivity contribution is 5.95. The maximum Gasteiger partial charge on any atom is 0.228 e. The second kappa shape index (κ2) is 5.86. The van der Waals surface area contributed by atoms with Gasteiger partial charge < -0.3 is 15.2 Å². The van der Waals surface area contributed by atoms with Crippen molar-refractivity contribution in [2.24, 2.45) is 11.8 Å². The van der Waals surface area contributed by atoms with E-state index in [2.05, 4.69) is 5.32 Å². The van der Waals surface area contributed by atoms with Gasteiger partial charge in [0, 0.05) is 23.1 Å². The third-order valence-electron chi connectivity index (χ3n) is 3.60. The normalized spacial score (nSPS) is 21.5. The molecule has 1 amide bonds. The lowest BCUT2D eigenvalue weighted by Crippen LogP contribution is -2.41. The second-order valence-electron chi connectivity index (χ2n) is 4.88. The van der Waals surface area contributed by atoms with Gasteiger partial charge in [0.15, 0.2) is 0 Å². The van der Waals surface area contributed by atoms with E-state index < -0.39 is 29.5 Å². The number of carboxylic acid groups (broad SMARTS) is 1. The van der Waals surface area contributed by atoms with E-state index in [-0.39, 0.29) is 6.42 Å². The minimum Gasteiger partial charge on any atom is -0.550 e. The van der Waals surface area contributed by atoms with Crippen LogP contribution in [0.4, 0.5) is 10.1 Å². The highest BCUT2D eigenvalue weighted by Crippen LogP contribution is 2.27. The first-order valence-electron chi connectivity index (χ1n) is 6.42. The van der Waals surface area contributed by atoms with Crippen molar-refractivity contribution in [2.75, 3.05) is 5.32 Å². The molecule has 5 heteroatoms. The molecule has 0 fully saturated rings. The molecule has 0 aromatic heterocycles. The van der Waals surface area contributed by atoms with Crippen molar-refractivity contribution in [2.45, 2.75) is 19.8 Å². The van der Waals surface area contributed by atoms with E-state index in [0.29, 0.717) is 17.7 Å². The van der Waals surface area contributed by atoms with Crippen LogP contribution in [0.15, 0.2) is 30.4 Å². The minimum atomic E-state index is -1.23. The number of allylic oxidation sites excluding steroid dienone is 2. The van der Waals surface area contributed by atoms with E-state index in [1.807, 2.05) is 0 Å². The lowest BCUT2D eigenvalue weighted by Gasteiger charge is -2.28. The molecule has 0 unspecified atom stereocenters. The Morgan fingerprint density at radius 2 is 1.90 bits per heavy atom. The van der Waals surface area contributed by atoms with Crippen LogP contribution in [0.1, 0.15) is 18.4 Å². The lowest BCUT2D eigenvalue weighted by molar-refractivity contribution is -0.313. The van der Waals surface area contributed by atoms with Gasteiger partial charge in [0.05, 0.1) is 5.92 Å². The summed E-state index contributed by atoms with van der Waals surface area (Å²) in [7, 11) is 0. The van der Waals surface area contributed by atoms with Crippen LogP contribution in [0, 0.1) is 24.6 Å². The summed E-state index contributed by atoms with van der Waals surface area (Å²) in [4.78, 5) is 23.2. The van der Waals surface area contributed by atoms with Crippen LogP contribution >= 0.6 is 0 Å². The number of carbonyl (C=O) groups is 2. The molecule has 1 aromatic rings. The summed E-state index contributed by atoms with van der Waals surface area (Å²) >= 11 is 0. The molecule has 4 nitrogen and oxygen atoms in total. The predicted molar refractivity (Wildman–Crippen MR) is 70.1 cm³/mol. The van der Waals surface area contributed by atoms with Gasteiger partial charge in [0.1, 0.15) is 5.82 Å². The van der Waals surface area contributed by atoms with Crippen LogP contribution in [-0.4, -0.2) is 11.9 Å². The standard InChI is InChI=1S/C15H16FNO3/c1-9-12(16)7-4-8-13(9)17-14(18)10-5-2-3-6-11(10)15(19)20/h2-4,7-8,10-11H,5-6H2,1H3,(H,17,18)(H,19,20)/p-1/t10-,11-/m0/s1. The Kier molecular flexibility index (Phi) is 4.17. The second-order valence-corrected chi connectivity index (χ2v) is 4.88. The van der Waals surface area contributed by atoms with E-state index in [9.17, 15) is 19.1 Å². The molecule has 2 atom stereocenters. The van der Waals surface area contributed by atoms with Crippen LogP contribution in [-0.2, 0) is 9.59 Å². The Bertz CT molecular complexity index is 568. The Morgan fingerprint density at radius 3 is 2.55 bits per heavy atom. The molecule has 20 heavy (non-hydrogen) atoms. The molecule has 2 rings (SSSR count). The number of amides is 1. The number of carboxylic acids is 1. The minimum absolute atomic E-state index is 0.280. The monoisotopic (exact) mass is 276 g/mol. The maximum atomic E-state index is 13.4. The quantitative estimate of drug-likeness (QED) is 0.848. The van der Waals surface area contributed by atoms with Crippen molar-refractivity contribution in [1.29, 1.82) is 0 Å². The molecule has 0 bridgehead atoms. The number of hydrogen-bond donors (Lipinski definition) is 1. The summed E-state index contributed by atoms with van der Waals surface area (Å²) in [5.74, 6) is -3.59. The Balaban J connectivity index is 2.17. The van der Waals surface area contributed by atoms with E-state index in [4.69, 9.17) is 0 Å². The number of hydrogen-bond acceptors (Lipinski definition) is 3. The summed E-state index contributed by atoms with van der Waals surface area (Å²) in [5, 5.41) is 13.7. The van der Waals surface area contributed by atoms with Crippen molar-refractivity contribution in [3.05, 3.63) is 41.7 Å². The maximum absolute atomic E-state index is 13.4. The van der Waals surface area contributed by atoms with Crippen LogP contribution in [0.2, 0.25) is 0 Å². The fraction of sp³-hybridized carbons (Fsp3) is 0.333. The van der Waals surface area contributed by atoms with Gasteiger partial charge in [0.2, 0.25) is 5.91 Å². The third kappa shape index (κ3) is 2.87. The van der Waals surface area contributed by atoms with Gasteiger partial charge >= 0.3 is 0 Å². The van der Waals surface area contributed by atoms with Crippen LogP contribution in [0.25, 0.3) is 0 Å². The summed E-state index contributed by atoms with van der Waals surface area (Å²) < 4.78 is 13.4. The highest BCUT2D eigenvalue weighted by Gasteiger charge is 2.30. The van der Waals surface area contributed by atoms with Gasteiger partial charge in [-0.1, -0.05) is 18.2 Å². The largest absolute Gasteiger partial charge is 0.550 e. The SMILES string of the molecule is Cc1c(F)cccc1NC(=O)[C@H]1CC=CC[C@@H]1C(=O)[O-]. The zero-order chi connectivity index (χ0) is 14.7. The van der Waals surface area contributed by atoms with Gasteiger partial charge in [-0.3, -0.25) is 4.79 Å². The zero-order valence-corrected chi connectivity index (χ0v) is 11.1. The van der Waals surface area contributed by atoms with Crippen LogP contribution in [0.3, 0.4) is 0 Å². The number of anilines is 1. The van der Waals surface area contributed by atoms with Gasteiger partial charge in [-0.25, -0.2) is 4.39 Å². The van der Waals surface area contributed by atoms with Crippen LogP contribution < -0.4 is 10.4 Å². The first-order chi connectivity index (χ1) is 9.50. The summed E-state index contributed by atoms with van der Waals surface area (Å²) in [5.41, 5.74) is 0.693. The van der Waals surface area contributed by atoms with Crippen molar-refractivity contribution >= 4 is 17.6 Å². The third-order valence-corrected chi connectivity index (χ3v) is 3.60. The predicted octanol–water partition coefficient (Wildman–Crippen LogP) is 1.40. The molecule has 0 aliphatic heterocycles. The average Bonchev–Trinajstić information content (AvgIpc) is 2.43. The van der Waals surface area contributed by atoms with Crippen molar-refractivity contribution in [3.8, 4) is 0 Å². The topological polar surface area (TPSA) is 69.2 Å². The number of rotatable bonds is 3. The van der Waals surface area contributed by atoms with Gasteiger partial charge in [-0.15, -0.1) is 0 Å². The molecular weight excluding hydrogens is 261 g/mol. The van der Waals surface area contributed by atoms with Crippen molar-refractivity contribution in [1.82, 2.24) is 0 Å². The molecule has 1 N–H and O–H groups in total. The van der Waals surface area contributed by atoms with E-state index in [0.717, 1.165) is 0 Å². The van der Waals surface area contributed by atoms with Crippen molar-refractivity contribution < 1.29 is 19.1 Å². The average molecular weight is 276 g/mol. The summed E-state index contributed by atoms with van der Waals surface area (Å²) in [6.07, 6.45) is 4.14. The Morgan fingerprint density at radius 1 is 1.25 bits per heavy atom. The van der Waals surface area contributed by atoms with Gasteiger partial charge in [0.25, 0.3) is 0 Å². The van der Waals surface area contributed by atoms with Gasteiger partial charge in [-0.2, -0.15) is 0 Å². The molecule has 1 aliphatic rings. The van der Waals surface area contributed by atoms with Crippen molar-refractivity contribution in [3.63, 3.8) is 0 Å². The number of halogens is 1. The van der Waals surface area contributed by atoms with Gasteiger partial charge in [-0.05, 0) is 31.9 Å². The fourth-order valence-electron chi connectivity index (χ4n) is 2.33. The van der Waals surface area contributed by atoms with E-state index in [1.165, 1.54) is 12.1 Å². The molecule has 0 saturated carbocycles.